The highest BCUT2D eigenvalue weighted by atomic mass is 16.5. The SMILES string of the molecule is COc1cc(OC)c(OC)cc1CN1CCCC(C(=O)O)C1. The molecule has 0 aromatic heterocycles. The Labute approximate surface area is 130 Å². The van der Waals surface area contributed by atoms with E-state index in [-0.39, 0.29) is 5.92 Å². The smallest absolute Gasteiger partial charge is 0.307 e. The van der Waals surface area contributed by atoms with Crippen molar-refractivity contribution in [1.29, 1.82) is 0 Å². The van der Waals surface area contributed by atoms with Crippen LogP contribution < -0.4 is 14.2 Å². The van der Waals surface area contributed by atoms with E-state index in [2.05, 4.69) is 4.90 Å². The quantitative estimate of drug-likeness (QED) is 0.867. The molecule has 2 rings (SSSR count). The molecule has 1 aliphatic heterocycles. The van der Waals surface area contributed by atoms with Gasteiger partial charge in [0, 0.05) is 24.7 Å². The Morgan fingerprint density at radius 3 is 2.41 bits per heavy atom. The van der Waals surface area contributed by atoms with E-state index in [1.807, 2.05) is 6.07 Å². The van der Waals surface area contributed by atoms with Gasteiger partial charge in [0.2, 0.25) is 0 Å². The molecule has 1 heterocycles. The number of hydrogen-bond acceptors (Lipinski definition) is 5. The van der Waals surface area contributed by atoms with Crippen molar-refractivity contribution in [2.24, 2.45) is 5.92 Å². The molecule has 6 nitrogen and oxygen atoms in total. The number of carboxylic acids is 1. The van der Waals surface area contributed by atoms with Crippen LogP contribution in [-0.2, 0) is 11.3 Å². The lowest BCUT2D eigenvalue weighted by Crippen LogP contribution is -2.38. The maximum atomic E-state index is 11.2. The van der Waals surface area contributed by atoms with Crippen LogP contribution in [0.4, 0.5) is 0 Å². The Kier molecular flexibility index (Phi) is 5.49. The maximum absolute atomic E-state index is 11.2. The second-order valence-electron chi connectivity index (χ2n) is 5.43. The number of piperidine rings is 1. The fourth-order valence-corrected chi connectivity index (χ4v) is 2.86. The zero-order valence-electron chi connectivity index (χ0n) is 13.3. The largest absolute Gasteiger partial charge is 0.496 e. The molecule has 122 valence electrons. The summed E-state index contributed by atoms with van der Waals surface area (Å²) < 4.78 is 16.0. The molecule has 1 aromatic rings. The average Bonchev–Trinajstić information content (AvgIpc) is 2.54. The number of carboxylic acid groups (broad SMARTS) is 1. The summed E-state index contributed by atoms with van der Waals surface area (Å²) in [6.45, 7) is 2.08. The number of carbonyl (C=O) groups is 1. The van der Waals surface area contributed by atoms with Crippen molar-refractivity contribution in [1.82, 2.24) is 4.90 Å². The molecule has 0 aliphatic carbocycles. The van der Waals surface area contributed by atoms with Gasteiger partial charge in [-0.25, -0.2) is 0 Å². The monoisotopic (exact) mass is 309 g/mol. The van der Waals surface area contributed by atoms with Gasteiger partial charge in [0.25, 0.3) is 0 Å². The molecule has 6 heteroatoms. The standard InChI is InChI=1S/C16H23NO5/c1-20-13-8-15(22-3)14(21-2)7-12(13)10-17-6-4-5-11(9-17)16(18)19/h7-8,11H,4-6,9-10H2,1-3H3,(H,18,19). The fourth-order valence-electron chi connectivity index (χ4n) is 2.86. The lowest BCUT2D eigenvalue weighted by Gasteiger charge is -2.31. The minimum Gasteiger partial charge on any atom is -0.496 e. The first kappa shape index (κ1) is 16.4. The molecule has 22 heavy (non-hydrogen) atoms. The van der Waals surface area contributed by atoms with Gasteiger partial charge in [-0.1, -0.05) is 0 Å². The Bertz CT molecular complexity index is 532. The summed E-state index contributed by atoms with van der Waals surface area (Å²) in [6, 6.07) is 3.69. The van der Waals surface area contributed by atoms with E-state index >= 15 is 0 Å². The van der Waals surface area contributed by atoms with Crippen molar-refractivity contribution in [2.45, 2.75) is 19.4 Å². The molecule has 0 bridgehead atoms. The zero-order chi connectivity index (χ0) is 16.1. The molecule has 1 atom stereocenters. The average molecular weight is 309 g/mol. The summed E-state index contributed by atoms with van der Waals surface area (Å²) in [6.07, 6.45) is 1.64. The molecule has 1 N–H and O–H groups in total. The second-order valence-corrected chi connectivity index (χ2v) is 5.43. The highest BCUT2D eigenvalue weighted by Crippen LogP contribution is 2.35. The van der Waals surface area contributed by atoms with Crippen LogP contribution in [0.1, 0.15) is 18.4 Å². The molecule has 1 saturated heterocycles. The summed E-state index contributed by atoms with van der Waals surface area (Å²) in [7, 11) is 4.79. The van der Waals surface area contributed by atoms with Crippen molar-refractivity contribution < 1.29 is 24.1 Å². The predicted octanol–water partition coefficient (Wildman–Crippen LogP) is 2.01. The number of benzene rings is 1. The fraction of sp³-hybridized carbons (Fsp3) is 0.562. The van der Waals surface area contributed by atoms with Gasteiger partial charge in [0.1, 0.15) is 5.75 Å². The highest BCUT2D eigenvalue weighted by molar-refractivity contribution is 5.70. The number of methoxy groups -OCH3 is 3. The summed E-state index contributed by atoms with van der Waals surface area (Å²) in [5.74, 6) is 0.967. The van der Waals surface area contributed by atoms with Crippen LogP contribution in [0.25, 0.3) is 0 Å². The molecule has 0 spiro atoms. The maximum Gasteiger partial charge on any atom is 0.307 e. The van der Waals surface area contributed by atoms with Gasteiger partial charge in [0.15, 0.2) is 11.5 Å². The van der Waals surface area contributed by atoms with Crippen molar-refractivity contribution in [3.63, 3.8) is 0 Å². The van der Waals surface area contributed by atoms with Crippen LogP contribution in [0.3, 0.4) is 0 Å². The summed E-state index contributed by atoms with van der Waals surface area (Å²) in [5.41, 5.74) is 0.964. The first-order valence-corrected chi connectivity index (χ1v) is 7.33. The highest BCUT2D eigenvalue weighted by Gasteiger charge is 2.26. The number of nitrogens with zero attached hydrogens (tertiary/aromatic N) is 1. The first-order valence-electron chi connectivity index (χ1n) is 7.33. The number of rotatable bonds is 6. The second kappa shape index (κ2) is 7.35. The van der Waals surface area contributed by atoms with Gasteiger partial charge in [-0.05, 0) is 25.5 Å². The van der Waals surface area contributed by atoms with Gasteiger partial charge in [-0.3, -0.25) is 9.69 Å². The molecular weight excluding hydrogens is 286 g/mol. The van der Waals surface area contributed by atoms with E-state index in [0.29, 0.717) is 24.6 Å². The zero-order valence-corrected chi connectivity index (χ0v) is 13.3. The molecule has 0 amide bonds. The third kappa shape index (κ3) is 3.62. The van der Waals surface area contributed by atoms with Crippen molar-refractivity contribution >= 4 is 5.97 Å². The Balaban J connectivity index is 2.19. The lowest BCUT2D eigenvalue weighted by atomic mass is 9.97. The van der Waals surface area contributed by atoms with Crippen molar-refractivity contribution in [3.05, 3.63) is 17.7 Å². The van der Waals surface area contributed by atoms with E-state index in [1.165, 1.54) is 0 Å². The van der Waals surface area contributed by atoms with Crippen LogP contribution in [0.15, 0.2) is 12.1 Å². The molecule has 1 aromatic carbocycles. The predicted molar refractivity (Wildman–Crippen MR) is 81.7 cm³/mol. The van der Waals surface area contributed by atoms with Crippen LogP contribution >= 0.6 is 0 Å². The van der Waals surface area contributed by atoms with Crippen LogP contribution in [-0.4, -0.2) is 50.4 Å². The van der Waals surface area contributed by atoms with Crippen molar-refractivity contribution in [2.75, 3.05) is 34.4 Å². The minimum atomic E-state index is -0.719. The number of likely N-dealkylation sites (tertiary alicyclic amines) is 1. The Morgan fingerprint density at radius 1 is 1.18 bits per heavy atom. The molecule has 1 unspecified atom stereocenters. The van der Waals surface area contributed by atoms with E-state index < -0.39 is 5.97 Å². The van der Waals surface area contributed by atoms with Gasteiger partial charge in [-0.2, -0.15) is 0 Å². The molecule has 1 aliphatic rings. The number of aliphatic carboxylic acids is 1. The van der Waals surface area contributed by atoms with E-state index in [9.17, 15) is 9.90 Å². The summed E-state index contributed by atoms with van der Waals surface area (Å²) in [4.78, 5) is 13.3. The summed E-state index contributed by atoms with van der Waals surface area (Å²) in [5, 5.41) is 9.19. The normalized spacial score (nSPS) is 18.8. The molecule has 0 radical (unpaired) electrons. The number of ether oxygens (including phenoxy) is 3. The van der Waals surface area contributed by atoms with Gasteiger partial charge in [0.05, 0.1) is 27.2 Å². The van der Waals surface area contributed by atoms with Gasteiger partial charge >= 0.3 is 5.97 Å². The third-order valence-electron chi connectivity index (χ3n) is 4.04. The van der Waals surface area contributed by atoms with E-state index in [0.717, 1.165) is 30.7 Å². The Hall–Kier alpha value is -1.95. The minimum absolute atomic E-state index is 0.292. The van der Waals surface area contributed by atoms with E-state index in [1.54, 1.807) is 27.4 Å². The molecule has 1 fully saturated rings. The van der Waals surface area contributed by atoms with Crippen molar-refractivity contribution in [3.8, 4) is 17.2 Å². The summed E-state index contributed by atoms with van der Waals surface area (Å²) >= 11 is 0. The topological polar surface area (TPSA) is 68.2 Å². The lowest BCUT2D eigenvalue weighted by molar-refractivity contribution is -0.143. The first-order chi connectivity index (χ1) is 10.6. The molecular formula is C16H23NO5. The van der Waals surface area contributed by atoms with Crippen LogP contribution in [0.5, 0.6) is 17.2 Å². The molecule has 0 saturated carbocycles. The third-order valence-corrected chi connectivity index (χ3v) is 4.04. The Morgan fingerprint density at radius 2 is 1.82 bits per heavy atom. The van der Waals surface area contributed by atoms with Crippen LogP contribution in [0, 0.1) is 5.92 Å². The van der Waals surface area contributed by atoms with Gasteiger partial charge < -0.3 is 19.3 Å². The number of hydrogen-bond donors (Lipinski definition) is 1. The van der Waals surface area contributed by atoms with Gasteiger partial charge in [-0.15, -0.1) is 0 Å². The van der Waals surface area contributed by atoms with Crippen LogP contribution in [0.2, 0.25) is 0 Å². The van der Waals surface area contributed by atoms with E-state index in [4.69, 9.17) is 14.2 Å².